The van der Waals surface area contributed by atoms with E-state index in [-0.39, 0.29) is 16.7 Å². The second-order valence-corrected chi connectivity index (χ2v) is 10.1. The normalized spacial score (nSPS) is 17.7. The zero-order valence-electron chi connectivity index (χ0n) is 20.4. The average Bonchev–Trinajstić information content (AvgIpc) is 3.10. The van der Waals surface area contributed by atoms with Crippen LogP contribution < -0.4 is 9.64 Å². The molecule has 3 aromatic carbocycles. The molecule has 0 aliphatic carbocycles. The van der Waals surface area contributed by atoms with E-state index in [9.17, 15) is 14.7 Å². The summed E-state index contributed by atoms with van der Waals surface area (Å²) in [7, 11) is 1.55. The Morgan fingerprint density at radius 1 is 0.971 bits per heavy atom. The Hall–Kier alpha value is -3.57. The van der Waals surface area contributed by atoms with Gasteiger partial charge < -0.3 is 9.84 Å². The number of hydrogen-bond acceptors (Lipinski definition) is 4. The first-order valence-corrected chi connectivity index (χ1v) is 11.7. The van der Waals surface area contributed by atoms with E-state index in [2.05, 4.69) is 20.8 Å². The number of rotatable bonds is 4. The number of aliphatic hydroxyl groups excluding tert-OH is 1. The van der Waals surface area contributed by atoms with Gasteiger partial charge in [0.15, 0.2) is 0 Å². The van der Waals surface area contributed by atoms with Crippen LogP contribution in [0, 0.1) is 6.92 Å². The van der Waals surface area contributed by atoms with Gasteiger partial charge in [-0.05, 0) is 65.4 Å². The number of ether oxygens (including phenoxy) is 1. The van der Waals surface area contributed by atoms with Crippen LogP contribution in [-0.2, 0) is 15.0 Å². The number of aliphatic hydroxyl groups is 1. The van der Waals surface area contributed by atoms with Crippen molar-refractivity contribution in [2.24, 2.45) is 0 Å². The standard InChI is InChI=1S/C29H28ClNO4/c1-17-6-13-21(16-23(17)30)31-25(18-7-11-20(12-8-18)29(2,3)4)24(27(33)28(31)34)26(32)19-9-14-22(35-5)15-10-19/h6-16,25,32H,1-5H3/b26-24+. The van der Waals surface area contributed by atoms with Crippen molar-refractivity contribution in [1.82, 2.24) is 0 Å². The Kier molecular flexibility index (Phi) is 6.48. The van der Waals surface area contributed by atoms with Gasteiger partial charge in [0, 0.05) is 16.3 Å². The van der Waals surface area contributed by atoms with E-state index in [0.717, 1.165) is 11.1 Å². The third kappa shape index (κ3) is 4.56. The van der Waals surface area contributed by atoms with Crippen molar-refractivity contribution in [2.45, 2.75) is 39.2 Å². The first-order chi connectivity index (χ1) is 16.5. The van der Waals surface area contributed by atoms with Crippen molar-refractivity contribution in [1.29, 1.82) is 0 Å². The molecule has 1 atom stereocenters. The topological polar surface area (TPSA) is 66.8 Å². The Balaban J connectivity index is 1.92. The highest BCUT2D eigenvalue weighted by atomic mass is 35.5. The molecule has 1 amide bonds. The molecule has 0 bridgehead atoms. The molecule has 1 unspecified atom stereocenters. The van der Waals surface area contributed by atoms with Gasteiger partial charge >= 0.3 is 0 Å². The molecular formula is C29H28ClNO4. The van der Waals surface area contributed by atoms with Gasteiger partial charge in [-0.2, -0.15) is 0 Å². The molecule has 1 aliphatic rings. The number of aryl methyl sites for hydroxylation is 1. The number of nitrogens with zero attached hydrogens (tertiary/aromatic N) is 1. The molecule has 4 rings (SSSR count). The smallest absolute Gasteiger partial charge is 0.300 e. The molecule has 1 fully saturated rings. The van der Waals surface area contributed by atoms with E-state index in [1.165, 1.54) is 4.90 Å². The van der Waals surface area contributed by atoms with E-state index in [1.807, 2.05) is 31.2 Å². The lowest BCUT2D eigenvalue weighted by atomic mass is 9.85. The number of carbonyl (C=O) groups is 2. The fourth-order valence-corrected chi connectivity index (χ4v) is 4.39. The summed E-state index contributed by atoms with van der Waals surface area (Å²) in [6, 6.07) is 18.9. The molecule has 180 valence electrons. The van der Waals surface area contributed by atoms with E-state index < -0.39 is 17.7 Å². The van der Waals surface area contributed by atoms with Crippen LogP contribution in [0.5, 0.6) is 5.75 Å². The van der Waals surface area contributed by atoms with Gasteiger partial charge in [0.25, 0.3) is 11.7 Å². The predicted octanol–water partition coefficient (Wildman–Crippen LogP) is 6.58. The van der Waals surface area contributed by atoms with Crippen LogP contribution in [0.4, 0.5) is 5.69 Å². The molecule has 3 aromatic rings. The maximum atomic E-state index is 13.3. The average molecular weight is 490 g/mol. The van der Waals surface area contributed by atoms with Gasteiger partial charge in [0.05, 0.1) is 18.7 Å². The minimum atomic E-state index is -0.815. The summed E-state index contributed by atoms with van der Waals surface area (Å²) in [4.78, 5) is 28.1. The monoisotopic (exact) mass is 489 g/mol. The zero-order chi connectivity index (χ0) is 25.5. The van der Waals surface area contributed by atoms with Gasteiger partial charge in [0.2, 0.25) is 0 Å². The lowest BCUT2D eigenvalue weighted by Gasteiger charge is -2.27. The van der Waals surface area contributed by atoms with Crippen LogP contribution in [-0.4, -0.2) is 23.9 Å². The van der Waals surface area contributed by atoms with Gasteiger partial charge in [-0.15, -0.1) is 0 Å². The molecule has 5 nitrogen and oxygen atoms in total. The number of anilines is 1. The zero-order valence-corrected chi connectivity index (χ0v) is 21.2. The highest BCUT2D eigenvalue weighted by molar-refractivity contribution is 6.51. The van der Waals surface area contributed by atoms with Crippen molar-refractivity contribution >= 4 is 34.7 Å². The molecule has 0 saturated carbocycles. The third-order valence-electron chi connectivity index (χ3n) is 6.33. The SMILES string of the molecule is COc1ccc(/C(O)=C2\C(=O)C(=O)N(c3ccc(C)c(Cl)c3)C2c2ccc(C(C)(C)C)cc2)cc1. The Morgan fingerprint density at radius 2 is 1.60 bits per heavy atom. The highest BCUT2D eigenvalue weighted by Gasteiger charge is 2.47. The van der Waals surface area contributed by atoms with Crippen LogP contribution >= 0.6 is 11.6 Å². The number of ketones is 1. The van der Waals surface area contributed by atoms with E-state index in [4.69, 9.17) is 16.3 Å². The Labute approximate surface area is 210 Å². The van der Waals surface area contributed by atoms with Gasteiger partial charge in [-0.25, -0.2) is 0 Å². The summed E-state index contributed by atoms with van der Waals surface area (Å²) in [5, 5.41) is 11.8. The van der Waals surface area contributed by atoms with E-state index >= 15 is 0 Å². The molecule has 1 aliphatic heterocycles. The summed E-state index contributed by atoms with van der Waals surface area (Å²) < 4.78 is 5.20. The number of methoxy groups -OCH3 is 1. The fraction of sp³-hybridized carbons (Fsp3) is 0.241. The second kappa shape index (κ2) is 9.23. The van der Waals surface area contributed by atoms with Crippen LogP contribution in [0.25, 0.3) is 5.76 Å². The largest absolute Gasteiger partial charge is 0.507 e. The van der Waals surface area contributed by atoms with Crippen LogP contribution in [0.3, 0.4) is 0 Å². The molecule has 0 radical (unpaired) electrons. The van der Waals surface area contributed by atoms with Crippen LogP contribution in [0.2, 0.25) is 5.02 Å². The molecule has 0 aromatic heterocycles. The van der Waals surface area contributed by atoms with Crippen LogP contribution in [0.1, 0.15) is 49.1 Å². The molecule has 0 spiro atoms. The van der Waals surface area contributed by atoms with Crippen molar-refractivity contribution in [2.75, 3.05) is 12.0 Å². The van der Waals surface area contributed by atoms with Crippen molar-refractivity contribution < 1.29 is 19.4 Å². The first kappa shape index (κ1) is 24.6. The van der Waals surface area contributed by atoms with E-state index in [0.29, 0.717) is 27.6 Å². The number of amides is 1. The Morgan fingerprint density at radius 3 is 2.14 bits per heavy atom. The third-order valence-corrected chi connectivity index (χ3v) is 6.74. The van der Waals surface area contributed by atoms with Gasteiger partial charge in [-0.3, -0.25) is 14.5 Å². The maximum absolute atomic E-state index is 13.3. The van der Waals surface area contributed by atoms with Gasteiger partial charge in [0.1, 0.15) is 11.5 Å². The summed E-state index contributed by atoms with van der Waals surface area (Å²) in [6.45, 7) is 8.22. The molecule has 1 heterocycles. The minimum Gasteiger partial charge on any atom is -0.507 e. The molecule has 35 heavy (non-hydrogen) atoms. The van der Waals surface area contributed by atoms with Crippen LogP contribution in [0.15, 0.2) is 72.3 Å². The van der Waals surface area contributed by atoms with Crippen molar-refractivity contribution in [3.63, 3.8) is 0 Å². The fourth-order valence-electron chi connectivity index (χ4n) is 4.22. The van der Waals surface area contributed by atoms with Crippen molar-refractivity contribution in [3.05, 3.63) is 99.6 Å². The number of benzene rings is 3. The van der Waals surface area contributed by atoms with Crippen molar-refractivity contribution in [3.8, 4) is 5.75 Å². The number of carbonyl (C=O) groups excluding carboxylic acids is 2. The maximum Gasteiger partial charge on any atom is 0.300 e. The molecule has 1 saturated heterocycles. The van der Waals surface area contributed by atoms with E-state index in [1.54, 1.807) is 49.6 Å². The molecule has 6 heteroatoms. The molecule has 1 N–H and O–H groups in total. The lowest BCUT2D eigenvalue weighted by Crippen LogP contribution is -2.29. The first-order valence-electron chi connectivity index (χ1n) is 11.3. The lowest BCUT2D eigenvalue weighted by molar-refractivity contribution is -0.132. The summed E-state index contributed by atoms with van der Waals surface area (Å²) in [6.07, 6.45) is 0. The number of hydrogen-bond donors (Lipinski definition) is 1. The summed E-state index contributed by atoms with van der Waals surface area (Å²) in [5.74, 6) is -1.09. The summed E-state index contributed by atoms with van der Waals surface area (Å²) >= 11 is 6.37. The Bertz CT molecular complexity index is 1320. The number of Topliss-reactive ketones (excluding diaryl/α,β-unsaturated/α-hetero) is 1. The quantitative estimate of drug-likeness (QED) is 0.255. The minimum absolute atomic E-state index is 0.0281. The summed E-state index contributed by atoms with van der Waals surface area (Å²) in [5.41, 5.74) is 3.56. The molecular weight excluding hydrogens is 462 g/mol. The predicted molar refractivity (Wildman–Crippen MR) is 139 cm³/mol. The highest BCUT2D eigenvalue weighted by Crippen LogP contribution is 2.43. The van der Waals surface area contributed by atoms with Gasteiger partial charge in [-0.1, -0.05) is 62.7 Å². The second-order valence-electron chi connectivity index (χ2n) is 9.70. The number of halogens is 1.